The van der Waals surface area contributed by atoms with E-state index in [9.17, 15) is 4.79 Å². The molecular weight excluding hydrogens is 206 g/mol. The fourth-order valence-electron chi connectivity index (χ4n) is 1.92. The lowest BCUT2D eigenvalue weighted by Gasteiger charge is -2.34. The van der Waals surface area contributed by atoms with Gasteiger partial charge in [0.1, 0.15) is 0 Å². The minimum absolute atomic E-state index is 0.0755. The van der Waals surface area contributed by atoms with Crippen molar-refractivity contribution in [3.05, 3.63) is 0 Å². The van der Waals surface area contributed by atoms with Crippen LogP contribution in [0.3, 0.4) is 0 Å². The normalized spacial score (nSPS) is 21.4. The van der Waals surface area contributed by atoms with E-state index in [1.165, 1.54) is 7.11 Å². The topological polar surface area (TPSA) is 47.6 Å². The molecule has 0 aromatic heterocycles. The van der Waals surface area contributed by atoms with Crippen molar-refractivity contribution in [2.45, 2.75) is 26.7 Å². The van der Waals surface area contributed by atoms with Gasteiger partial charge in [0.2, 0.25) is 0 Å². The summed E-state index contributed by atoms with van der Waals surface area (Å²) in [4.78, 5) is 11.2. The van der Waals surface area contributed by atoms with E-state index < -0.39 is 0 Å². The molecule has 0 amide bonds. The highest BCUT2D eigenvalue weighted by Crippen LogP contribution is 2.28. The van der Waals surface area contributed by atoms with Gasteiger partial charge in [-0.1, -0.05) is 13.8 Å². The molecule has 1 aliphatic heterocycles. The summed E-state index contributed by atoms with van der Waals surface area (Å²) in [7, 11) is 1.43. The molecule has 1 unspecified atom stereocenters. The zero-order valence-corrected chi connectivity index (χ0v) is 10.5. The highest BCUT2D eigenvalue weighted by Gasteiger charge is 2.27. The molecule has 0 spiro atoms. The van der Waals surface area contributed by atoms with E-state index in [1.807, 2.05) is 6.92 Å². The Bertz CT molecular complexity index is 224. The number of carbonyl (C=O) groups is 1. The average Bonchev–Trinajstić information content (AvgIpc) is 2.28. The van der Waals surface area contributed by atoms with Gasteiger partial charge in [0, 0.05) is 26.3 Å². The molecule has 0 aromatic rings. The average molecular weight is 229 g/mol. The zero-order valence-electron chi connectivity index (χ0n) is 10.5. The van der Waals surface area contributed by atoms with Crippen molar-refractivity contribution in [2.24, 2.45) is 11.3 Å². The summed E-state index contributed by atoms with van der Waals surface area (Å²) in [6.07, 6.45) is 2.18. The number of carbonyl (C=O) groups excluding carboxylic acids is 1. The minimum atomic E-state index is -0.148. The van der Waals surface area contributed by atoms with Crippen molar-refractivity contribution < 1.29 is 14.3 Å². The molecule has 1 rings (SSSR count). The minimum Gasteiger partial charge on any atom is -0.469 e. The Hall–Kier alpha value is -0.610. The third kappa shape index (κ3) is 4.10. The van der Waals surface area contributed by atoms with Gasteiger partial charge in [0.15, 0.2) is 0 Å². The number of hydrogen-bond acceptors (Lipinski definition) is 4. The summed E-state index contributed by atoms with van der Waals surface area (Å²) in [5, 5.41) is 3.35. The van der Waals surface area contributed by atoms with Crippen LogP contribution in [0.1, 0.15) is 26.7 Å². The smallest absolute Gasteiger partial charge is 0.309 e. The first kappa shape index (κ1) is 13.5. The molecular formula is C12H23NO3. The molecule has 1 aliphatic rings. The van der Waals surface area contributed by atoms with E-state index >= 15 is 0 Å². The monoisotopic (exact) mass is 229 g/mol. The maximum Gasteiger partial charge on any atom is 0.309 e. The van der Waals surface area contributed by atoms with Crippen LogP contribution in [0.15, 0.2) is 0 Å². The third-order valence-electron chi connectivity index (χ3n) is 3.31. The number of rotatable bonds is 5. The lowest BCUT2D eigenvalue weighted by atomic mass is 9.82. The van der Waals surface area contributed by atoms with Crippen molar-refractivity contribution in [1.29, 1.82) is 0 Å². The Morgan fingerprint density at radius 2 is 2.12 bits per heavy atom. The standard InChI is InChI=1S/C12H23NO3/c1-10(11(14)15-3)8-13-9-12(2)4-6-16-7-5-12/h10,13H,4-9H2,1-3H3. The van der Waals surface area contributed by atoms with Crippen LogP contribution in [0, 0.1) is 11.3 Å². The van der Waals surface area contributed by atoms with Gasteiger partial charge in [0.25, 0.3) is 0 Å². The van der Waals surface area contributed by atoms with Crippen LogP contribution in [0.5, 0.6) is 0 Å². The first-order valence-electron chi connectivity index (χ1n) is 5.94. The second kappa shape index (κ2) is 6.21. The van der Waals surface area contributed by atoms with Crippen molar-refractivity contribution in [3.63, 3.8) is 0 Å². The van der Waals surface area contributed by atoms with Crippen molar-refractivity contribution >= 4 is 5.97 Å². The molecule has 1 N–H and O–H groups in total. The first-order chi connectivity index (χ1) is 7.57. The van der Waals surface area contributed by atoms with Gasteiger partial charge in [-0.2, -0.15) is 0 Å². The van der Waals surface area contributed by atoms with Crippen LogP contribution >= 0.6 is 0 Å². The molecule has 0 aliphatic carbocycles. The Morgan fingerprint density at radius 1 is 1.50 bits per heavy atom. The summed E-state index contributed by atoms with van der Waals surface area (Å²) >= 11 is 0. The van der Waals surface area contributed by atoms with Crippen LogP contribution in [-0.2, 0) is 14.3 Å². The van der Waals surface area contributed by atoms with Crippen molar-refractivity contribution in [1.82, 2.24) is 5.32 Å². The summed E-state index contributed by atoms with van der Waals surface area (Å²) in [6, 6.07) is 0. The molecule has 94 valence electrons. The van der Waals surface area contributed by atoms with Crippen LogP contribution in [0.4, 0.5) is 0 Å². The van der Waals surface area contributed by atoms with E-state index in [2.05, 4.69) is 17.0 Å². The summed E-state index contributed by atoms with van der Waals surface area (Å²) < 4.78 is 10.0. The molecule has 0 bridgehead atoms. The molecule has 4 heteroatoms. The molecule has 0 saturated carbocycles. The van der Waals surface area contributed by atoms with Gasteiger partial charge in [-0.15, -0.1) is 0 Å². The molecule has 0 aromatic carbocycles. The summed E-state index contributed by atoms with van der Waals surface area (Å²) in [6.45, 7) is 7.48. The largest absolute Gasteiger partial charge is 0.469 e. The predicted molar refractivity (Wildman–Crippen MR) is 62.2 cm³/mol. The van der Waals surface area contributed by atoms with E-state index in [4.69, 9.17) is 4.74 Å². The fourth-order valence-corrected chi connectivity index (χ4v) is 1.92. The zero-order chi connectivity index (χ0) is 12.0. The van der Waals surface area contributed by atoms with Crippen molar-refractivity contribution in [2.75, 3.05) is 33.4 Å². The van der Waals surface area contributed by atoms with Crippen molar-refractivity contribution in [3.8, 4) is 0 Å². The fraction of sp³-hybridized carbons (Fsp3) is 0.917. The number of nitrogens with one attached hydrogen (secondary N) is 1. The van der Waals surface area contributed by atoms with E-state index in [-0.39, 0.29) is 11.9 Å². The number of ether oxygens (including phenoxy) is 2. The lowest BCUT2D eigenvalue weighted by Crippen LogP contribution is -2.39. The Kier molecular flexibility index (Phi) is 5.22. The summed E-state index contributed by atoms with van der Waals surface area (Å²) in [5.41, 5.74) is 0.314. The summed E-state index contributed by atoms with van der Waals surface area (Å²) in [5.74, 6) is -0.224. The van der Waals surface area contributed by atoms with Gasteiger partial charge in [-0.05, 0) is 18.3 Å². The SMILES string of the molecule is COC(=O)C(C)CNCC1(C)CCOCC1. The molecule has 0 radical (unpaired) electrons. The van der Waals surface area contributed by atoms with E-state index in [0.717, 1.165) is 32.6 Å². The van der Waals surface area contributed by atoms with Gasteiger partial charge in [-0.3, -0.25) is 4.79 Å². The maximum absolute atomic E-state index is 11.2. The number of esters is 1. The van der Waals surface area contributed by atoms with Gasteiger partial charge in [-0.25, -0.2) is 0 Å². The van der Waals surface area contributed by atoms with Crippen LogP contribution in [0.2, 0.25) is 0 Å². The highest BCUT2D eigenvalue weighted by molar-refractivity contribution is 5.71. The second-order valence-corrected chi connectivity index (χ2v) is 4.98. The number of hydrogen-bond donors (Lipinski definition) is 1. The van der Waals surface area contributed by atoms with Gasteiger partial charge >= 0.3 is 5.97 Å². The highest BCUT2D eigenvalue weighted by atomic mass is 16.5. The Labute approximate surface area is 97.7 Å². The van der Waals surface area contributed by atoms with Crippen LogP contribution in [0.25, 0.3) is 0 Å². The number of methoxy groups -OCH3 is 1. The molecule has 1 saturated heterocycles. The van der Waals surface area contributed by atoms with E-state index in [0.29, 0.717) is 12.0 Å². The molecule has 1 fully saturated rings. The predicted octanol–water partition coefficient (Wildman–Crippen LogP) is 1.20. The maximum atomic E-state index is 11.2. The molecule has 1 atom stereocenters. The van der Waals surface area contributed by atoms with Crippen LogP contribution in [-0.4, -0.2) is 39.4 Å². The molecule has 16 heavy (non-hydrogen) atoms. The second-order valence-electron chi connectivity index (χ2n) is 4.98. The Morgan fingerprint density at radius 3 is 2.69 bits per heavy atom. The van der Waals surface area contributed by atoms with Crippen LogP contribution < -0.4 is 5.32 Å². The lowest BCUT2D eigenvalue weighted by molar-refractivity contribution is -0.144. The third-order valence-corrected chi connectivity index (χ3v) is 3.31. The quantitative estimate of drug-likeness (QED) is 0.720. The molecule has 4 nitrogen and oxygen atoms in total. The van der Waals surface area contributed by atoms with Gasteiger partial charge < -0.3 is 14.8 Å². The Balaban J connectivity index is 2.21. The molecule has 1 heterocycles. The first-order valence-corrected chi connectivity index (χ1v) is 5.94. The van der Waals surface area contributed by atoms with Gasteiger partial charge in [0.05, 0.1) is 13.0 Å². The van der Waals surface area contributed by atoms with E-state index in [1.54, 1.807) is 0 Å².